The summed E-state index contributed by atoms with van der Waals surface area (Å²) in [7, 11) is -3.80. The normalized spacial score (nSPS) is 10.9. The van der Waals surface area contributed by atoms with E-state index in [1.807, 2.05) is 6.92 Å². The van der Waals surface area contributed by atoms with E-state index in [4.69, 9.17) is 17.0 Å². The van der Waals surface area contributed by atoms with Gasteiger partial charge in [-0.25, -0.2) is 13.2 Å². The predicted octanol–water partition coefficient (Wildman–Crippen LogP) is 2.82. The van der Waals surface area contributed by atoms with E-state index in [1.165, 1.54) is 24.3 Å². The molecule has 0 bridgehead atoms. The van der Waals surface area contributed by atoms with Gasteiger partial charge in [-0.15, -0.1) is 0 Å². The summed E-state index contributed by atoms with van der Waals surface area (Å²) in [6, 6.07) is 12.3. The number of carbonyl (C=O) groups is 2. The van der Waals surface area contributed by atoms with E-state index in [-0.39, 0.29) is 16.6 Å². The molecule has 0 aliphatic rings. The van der Waals surface area contributed by atoms with Crippen LogP contribution in [0, 0.1) is 0 Å². The summed E-state index contributed by atoms with van der Waals surface area (Å²) in [5.74, 6) is -0.614. The van der Waals surface area contributed by atoms with Gasteiger partial charge < -0.3 is 14.8 Å². The lowest BCUT2D eigenvalue weighted by Gasteiger charge is -2.11. The molecular formula is C21H23N3O6S2. The zero-order valence-corrected chi connectivity index (χ0v) is 19.1. The number of sulfonamides is 1. The highest BCUT2D eigenvalue weighted by Gasteiger charge is 2.14. The number of esters is 1. The van der Waals surface area contributed by atoms with Crippen LogP contribution in [0.25, 0.3) is 0 Å². The van der Waals surface area contributed by atoms with Crippen molar-refractivity contribution in [2.45, 2.75) is 18.7 Å². The lowest BCUT2D eigenvalue weighted by atomic mass is 10.3. The minimum atomic E-state index is -3.80. The fourth-order valence-corrected chi connectivity index (χ4v) is 3.64. The van der Waals surface area contributed by atoms with Gasteiger partial charge in [0.25, 0.3) is 10.0 Å². The molecule has 0 spiro atoms. The molecule has 0 saturated carbocycles. The molecule has 1 amide bonds. The Balaban J connectivity index is 1.94. The third-order valence-electron chi connectivity index (χ3n) is 3.73. The summed E-state index contributed by atoms with van der Waals surface area (Å²) in [5.41, 5.74) is 0.861. The molecule has 0 saturated heterocycles. The Morgan fingerprint density at radius 1 is 0.938 bits per heavy atom. The number of rotatable bonds is 9. The summed E-state index contributed by atoms with van der Waals surface area (Å²) in [5, 5.41) is 5.09. The van der Waals surface area contributed by atoms with Crippen LogP contribution < -0.4 is 20.1 Å². The monoisotopic (exact) mass is 477 g/mol. The van der Waals surface area contributed by atoms with Crippen molar-refractivity contribution in [3.8, 4) is 5.75 Å². The van der Waals surface area contributed by atoms with E-state index in [1.54, 1.807) is 31.2 Å². The number of benzene rings is 2. The molecule has 0 aromatic heterocycles. The second-order valence-electron chi connectivity index (χ2n) is 6.12. The van der Waals surface area contributed by atoms with Gasteiger partial charge in [0.2, 0.25) is 5.91 Å². The standard InChI is InChI=1S/C21H23N3O6S2/c1-3-29-17-9-5-16(6-10-17)24-32(27,28)18-11-7-15(8-12-18)22-21(31)23-19(25)13-14-20(26)30-4-2/h5-14,24H,3-4H2,1-2H3,(H2,22,23,25,31). The first-order valence-corrected chi connectivity index (χ1v) is 11.4. The van der Waals surface area contributed by atoms with Crippen LogP contribution in [-0.2, 0) is 24.3 Å². The number of hydrogen-bond donors (Lipinski definition) is 3. The molecule has 0 heterocycles. The molecule has 2 rings (SSSR count). The molecule has 11 heteroatoms. The van der Waals surface area contributed by atoms with Crippen LogP contribution in [0.1, 0.15) is 13.8 Å². The topological polar surface area (TPSA) is 123 Å². The Labute approximate surface area is 191 Å². The quantitative estimate of drug-likeness (QED) is 0.286. The van der Waals surface area contributed by atoms with Crippen LogP contribution in [0.15, 0.2) is 65.6 Å². The van der Waals surface area contributed by atoms with Crippen molar-refractivity contribution in [3.05, 3.63) is 60.7 Å². The first-order valence-electron chi connectivity index (χ1n) is 9.56. The highest BCUT2D eigenvalue weighted by molar-refractivity contribution is 7.92. The maximum absolute atomic E-state index is 12.6. The largest absolute Gasteiger partial charge is 0.494 e. The van der Waals surface area contributed by atoms with Gasteiger partial charge in [0.1, 0.15) is 5.75 Å². The second-order valence-corrected chi connectivity index (χ2v) is 8.21. The molecule has 0 aliphatic heterocycles. The summed E-state index contributed by atoms with van der Waals surface area (Å²) in [4.78, 5) is 23.0. The first-order chi connectivity index (χ1) is 15.2. The van der Waals surface area contributed by atoms with Gasteiger partial charge in [0, 0.05) is 23.5 Å². The number of carbonyl (C=O) groups excluding carboxylic acids is 2. The van der Waals surface area contributed by atoms with Gasteiger partial charge in [-0.1, -0.05) is 0 Å². The zero-order chi connectivity index (χ0) is 23.6. The molecule has 170 valence electrons. The van der Waals surface area contributed by atoms with Crippen LogP contribution >= 0.6 is 12.2 Å². The maximum Gasteiger partial charge on any atom is 0.330 e. The molecule has 0 radical (unpaired) electrons. The van der Waals surface area contributed by atoms with Crippen LogP contribution in [0.4, 0.5) is 11.4 Å². The number of anilines is 2. The van der Waals surface area contributed by atoms with Gasteiger partial charge in [-0.05, 0) is 74.6 Å². The minimum absolute atomic E-state index is 0.0216. The van der Waals surface area contributed by atoms with Crippen LogP contribution in [0.3, 0.4) is 0 Å². The third-order valence-corrected chi connectivity index (χ3v) is 5.34. The molecule has 2 aromatic carbocycles. The van der Waals surface area contributed by atoms with Crippen molar-refractivity contribution >= 4 is 50.6 Å². The van der Waals surface area contributed by atoms with E-state index >= 15 is 0 Å². The molecular weight excluding hydrogens is 454 g/mol. The van der Waals surface area contributed by atoms with E-state index in [9.17, 15) is 18.0 Å². The lowest BCUT2D eigenvalue weighted by molar-refractivity contribution is -0.137. The number of ether oxygens (including phenoxy) is 2. The van der Waals surface area contributed by atoms with E-state index < -0.39 is 21.9 Å². The van der Waals surface area contributed by atoms with Crippen molar-refractivity contribution in [2.24, 2.45) is 0 Å². The Morgan fingerprint density at radius 2 is 1.56 bits per heavy atom. The lowest BCUT2D eigenvalue weighted by Crippen LogP contribution is -2.33. The fourth-order valence-electron chi connectivity index (χ4n) is 2.37. The smallest absolute Gasteiger partial charge is 0.330 e. The molecule has 2 aromatic rings. The van der Waals surface area contributed by atoms with Crippen molar-refractivity contribution in [1.82, 2.24) is 5.32 Å². The highest BCUT2D eigenvalue weighted by Crippen LogP contribution is 2.20. The SMILES string of the molecule is CCOC(=O)C=CC(=O)NC(=S)Nc1ccc(S(=O)(=O)Nc2ccc(OCC)cc2)cc1. The van der Waals surface area contributed by atoms with E-state index in [0.29, 0.717) is 23.7 Å². The number of nitrogens with one attached hydrogen (secondary N) is 3. The van der Waals surface area contributed by atoms with Crippen LogP contribution in [0.2, 0.25) is 0 Å². The van der Waals surface area contributed by atoms with Gasteiger partial charge in [0.15, 0.2) is 5.11 Å². The summed E-state index contributed by atoms with van der Waals surface area (Å²) >= 11 is 5.03. The van der Waals surface area contributed by atoms with E-state index in [2.05, 4.69) is 20.1 Å². The second kappa shape index (κ2) is 11.8. The minimum Gasteiger partial charge on any atom is -0.494 e. The summed E-state index contributed by atoms with van der Waals surface area (Å²) in [6.45, 7) is 4.23. The molecule has 32 heavy (non-hydrogen) atoms. The fraction of sp³-hybridized carbons (Fsp3) is 0.190. The van der Waals surface area contributed by atoms with Gasteiger partial charge >= 0.3 is 5.97 Å². The number of hydrogen-bond acceptors (Lipinski definition) is 7. The van der Waals surface area contributed by atoms with Crippen LogP contribution in [-0.4, -0.2) is 38.6 Å². The molecule has 0 atom stereocenters. The highest BCUT2D eigenvalue weighted by atomic mass is 32.2. The Morgan fingerprint density at radius 3 is 2.16 bits per heavy atom. The van der Waals surface area contributed by atoms with Crippen LogP contribution in [0.5, 0.6) is 5.75 Å². The maximum atomic E-state index is 12.6. The van der Waals surface area contributed by atoms with Crippen molar-refractivity contribution in [2.75, 3.05) is 23.3 Å². The van der Waals surface area contributed by atoms with Gasteiger partial charge in [-0.3, -0.25) is 14.8 Å². The molecule has 9 nitrogen and oxygen atoms in total. The van der Waals surface area contributed by atoms with Gasteiger partial charge in [-0.2, -0.15) is 0 Å². The Kier molecular flexibility index (Phi) is 9.17. The molecule has 0 fully saturated rings. The first kappa shape index (κ1) is 24.8. The average Bonchev–Trinajstić information content (AvgIpc) is 2.74. The molecule has 3 N–H and O–H groups in total. The predicted molar refractivity (Wildman–Crippen MR) is 125 cm³/mol. The van der Waals surface area contributed by atoms with Crippen molar-refractivity contribution in [1.29, 1.82) is 0 Å². The summed E-state index contributed by atoms with van der Waals surface area (Å²) in [6.07, 6.45) is 1.98. The van der Waals surface area contributed by atoms with Crippen molar-refractivity contribution < 1.29 is 27.5 Å². The van der Waals surface area contributed by atoms with Crippen molar-refractivity contribution in [3.63, 3.8) is 0 Å². The van der Waals surface area contributed by atoms with E-state index in [0.717, 1.165) is 12.2 Å². The zero-order valence-electron chi connectivity index (χ0n) is 17.5. The molecule has 0 unspecified atom stereocenters. The summed E-state index contributed by atoms with van der Waals surface area (Å²) < 4.78 is 37.6. The number of amides is 1. The molecule has 0 aliphatic carbocycles. The third kappa shape index (κ3) is 8.00. The Hall–Kier alpha value is -3.44. The van der Waals surface area contributed by atoms with Gasteiger partial charge in [0.05, 0.1) is 18.1 Å². The Bertz CT molecular complexity index is 1080. The number of thiocarbonyl (C=S) groups is 1. The average molecular weight is 478 g/mol.